The van der Waals surface area contributed by atoms with Crippen LogP contribution in [-0.4, -0.2) is 0 Å². The van der Waals surface area contributed by atoms with Crippen LogP contribution in [0.3, 0.4) is 0 Å². The van der Waals surface area contributed by atoms with Gasteiger partial charge in [0.1, 0.15) is 0 Å². The third-order valence-electron chi connectivity index (χ3n) is 4.22. The van der Waals surface area contributed by atoms with Crippen molar-refractivity contribution in [2.24, 2.45) is 0 Å². The summed E-state index contributed by atoms with van der Waals surface area (Å²) in [7, 11) is 0. The van der Waals surface area contributed by atoms with Crippen molar-refractivity contribution < 1.29 is 0 Å². The lowest BCUT2D eigenvalue weighted by atomic mass is 10.1. The zero-order valence-corrected chi connectivity index (χ0v) is 14.6. The number of anilines is 2. The zero-order chi connectivity index (χ0) is 16.3. The summed E-state index contributed by atoms with van der Waals surface area (Å²) in [6.45, 7) is 4.49. The van der Waals surface area contributed by atoms with Crippen LogP contribution in [0.2, 0.25) is 0 Å². The maximum atomic E-state index is 3.42. The predicted molar refractivity (Wildman–Crippen MR) is 102 cm³/mol. The SMILES string of the molecule is CCCCCc1ccccc1NNc1ccccc1CCCC. The van der Waals surface area contributed by atoms with Gasteiger partial charge in [0.05, 0.1) is 11.4 Å². The second-order valence-electron chi connectivity index (χ2n) is 6.12. The Morgan fingerprint density at radius 3 is 1.61 bits per heavy atom. The first kappa shape index (κ1) is 17.4. The van der Waals surface area contributed by atoms with Crippen molar-refractivity contribution in [1.29, 1.82) is 0 Å². The Morgan fingerprint density at radius 2 is 1.09 bits per heavy atom. The molecule has 2 aromatic carbocycles. The van der Waals surface area contributed by atoms with Crippen LogP contribution in [0.1, 0.15) is 57.1 Å². The fourth-order valence-corrected chi connectivity index (χ4v) is 2.79. The Hall–Kier alpha value is -1.96. The van der Waals surface area contributed by atoms with E-state index < -0.39 is 0 Å². The van der Waals surface area contributed by atoms with Gasteiger partial charge in [0, 0.05) is 0 Å². The Labute approximate surface area is 141 Å². The molecule has 0 unspecified atom stereocenters. The topological polar surface area (TPSA) is 24.1 Å². The standard InChI is InChI=1S/C21H30N2/c1-3-5-7-13-19-15-9-11-17-21(19)23-22-20-16-10-8-14-18(20)12-6-4-2/h8-11,14-17,22-23H,3-7,12-13H2,1-2H3. The van der Waals surface area contributed by atoms with Crippen molar-refractivity contribution in [3.8, 4) is 0 Å². The molecule has 0 heterocycles. The lowest BCUT2D eigenvalue weighted by molar-refractivity contribution is 0.718. The van der Waals surface area contributed by atoms with Gasteiger partial charge < -0.3 is 10.9 Å². The van der Waals surface area contributed by atoms with Crippen LogP contribution in [0.4, 0.5) is 11.4 Å². The van der Waals surface area contributed by atoms with Crippen LogP contribution in [0.5, 0.6) is 0 Å². The number of nitrogens with one attached hydrogen (secondary N) is 2. The number of aryl methyl sites for hydroxylation is 2. The van der Waals surface area contributed by atoms with Gasteiger partial charge in [-0.15, -0.1) is 0 Å². The number of unbranched alkanes of at least 4 members (excludes halogenated alkanes) is 3. The van der Waals surface area contributed by atoms with Crippen LogP contribution in [0.15, 0.2) is 48.5 Å². The smallest absolute Gasteiger partial charge is 0.0571 e. The number of para-hydroxylation sites is 2. The summed E-state index contributed by atoms with van der Waals surface area (Å²) >= 11 is 0. The highest BCUT2D eigenvalue weighted by atomic mass is 15.4. The Kier molecular flexibility index (Phi) is 7.51. The average Bonchev–Trinajstić information content (AvgIpc) is 2.60. The molecule has 2 nitrogen and oxygen atoms in total. The maximum Gasteiger partial charge on any atom is 0.0571 e. The molecule has 2 N–H and O–H groups in total. The first-order valence-corrected chi connectivity index (χ1v) is 9.03. The summed E-state index contributed by atoms with van der Waals surface area (Å²) in [5, 5.41) is 0. The monoisotopic (exact) mass is 310 g/mol. The molecule has 23 heavy (non-hydrogen) atoms. The van der Waals surface area contributed by atoms with Gasteiger partial charge in [-0.1, -0.05) is 69.5 Å². The summed E-state index contributed by atoms with van der Waals surface area (Å²) in [6.07, 6.45) is 8.52. The minimum absolute atomic E-state index is 1.12. The number of hydrogen-bond donors (Lipinski definition) is 2. The molecule has 0 saturated carbocycles. The molecule has 0 atom stereocenters. The van der Waals surface area contributed by atoms with Crippen molar-refractivity contribution >= 4 is 11.4 Å². The van der Waals surface area contributed by atoms with Crippen molar-refractivity contribution in [2.75, 3.05) is 10.9 Å². The van der Waals surface area contributed by atoms with Gasteiger partial charge in [-0.05, 0) is 48.9 Å². The van der Waals surface area contributed by atoms with Crippen LogP contribution in [0, 0.1) is 0 Å². The molecular weight excluding hydrogens is 280 g/mol. The van der Waals surface area contributed by atoms with Crippen LogP contribution < -0.4 is 10.9 Å². The van der Waals surface area contributed by atoms with Gasteiger partial charge in [0.25, 0.3) is 0 Å². The lowest BCUT2D eigenvalue weighted by Crippen LogP contribution is -2.12. The third-order valence-corrected chi connectivity index (χ3v) is 4.22. The Morgan fingerprint density at radius 1 is 0.609 bits per heavy atom. The molecule has 0 bridgehead atoms. The van der Waals surface area contributed by atoms with E-state index in [0.717, 1.165) is 12.8 Å². The first-order valence-electron chi connectivity index (χ1n) is 9.03. The largest absolute Gasteiger partial charge is 0.301 e. The van der Waals surface area contributed by atoms with Gasteiger partial charge in [-0.3, -0.25) is 0 Å². The summed E-state index contributed by atoms with van der Waals surface area (Å²) in [5.74, 6) is 0. The number of benzene rings is 2. The van der Waals surface area contributed by atoms with Crippen molar-refractivity contribution in [2.45, 2.75) is 58.8 Å². The van der Waals surface area contributed by atoms with E-state index >= 15 is 0 Å². The summed E-state index contributed by atoms with van der Waals surface area (Å²) in [4.78, 5) is 0. The first-order chi connectivity index (χ1) is 11.3. The van der Waals surface area contributed by atoms with E-state index in [9.17, 15) is 0 Å². The van der Waals surface area contributed by atoms with E-state index in [2.05, 4.69) is 73.2 Å². The lowest BCUT2D eigenvalue weighted by Gasteiger charge is -2.16. The number of hydrazine groups is 1. The van der Waals surface area contributed by atoms with Crippen molar-refractivity contribution in [3.63, 3.8) is 0 Å². The maximum absolute atomic E-state index is 3.42. The highest BCUT2D eigenvalue weighted by molar-refractivity contribution is 5.59. The van der Waals surface area contributed by atoms with Crippen molar-refractivity contribution in [3.05, 3.63) is 59.7 Å². The van der Waals surface area contributed by atoms with E-state index in [0.29, 0.717) is 0 Å². The van der Waals surface area contributed by atoms with Crippen LogP contribution in [-0.2, 0) is 12.8 Å². The van der Waals surface area contributed by atoms with Gasteiger partial charge in [-0.2, -0.15) is 0 Å². The predicted octanol–water partition coefficient (Wildman–Crippen LogP) is 6.20. The summed E-state index contributed by atoms with van der Waals surface area (Å²) in [6, 6.07) is 17.2. The molecule has 2 aromatic rings. The summed E-state index contributed by atoms with van der Waals surface area (Å²) in [5.41, 5.74) is 12.0. The minimum Gasteiger partial charge on any atom is -0.301 e. The molecule has 0 aromatic heterocycles. The molecule has 124 valence electrons. The molecular formula is C21H30N2. The van der Waals surface area contributed by atoms with E-state index in [1.165, 1.54) is 54.6 Å². The van der Waals surface area contributed by atoms with E-state index in [4.69, 9.17) is 0 Å². The van der Waals surface area contributed by atoms with E-state index in [-0.39, 0.29) is 0 Å². The van der Waals surface area contributed by atoms with E-state index in [1.54, 1.807) is 0 Å². The highest BCUT2D eigenvalue weighted by Gasteiger charge is 2.04. The second kappa shape index (κ2) is 9.94. The summed E-state index contributed by atoms with van der Waals surface area (Å²) < 4.78 is 0. The molecule has 0 saturated heterocycles. The molecule has 0 aliphatic rings. The van der Waals surface area contributed by atoms with Gasteiger partial charge >= 0.3 is 0 Å². The fraction of sp³-hybridized carbons (Fsp3) is 0.429. The molecule has 2 heteroatoms. The molecule has 0 fully saturated rings. The normalized spacial score (nSPS) is 10.5. The number of rotatable bonds is 10. The Bertz CT molecular complexity index is 578. The number of hydrogen-bond acceptors (Lipinski definition) is 2. The van der Waals surface area contributed by atoms with Gasteiger partial charge in [-0.25, -0.2) is 0 Å². The fourth-order valence-electron chi connectivity index (χ4n) is 2.79. The minimum atomic E-state index is 1.12. The van der Waals surface area contributed by atoms with Gasteiger partial charge in [0.15, 0.2) is 0 Å². The van der Waals surface area contributed by atoms with E-state index in [1.807, 2.05) is 0 Å². The third kappa shape index (κ3) is 5.63. The zero-order valence-electron chi connectivity index (χ0n) is 14.6. The molecule has 2 rings (SSSR count). The van der Waals surface area contributed by atoms with Crippen LogP contribution in [0.25, 0.3) is 0 Å². The molecule has 0 amide bonds. The quantitative estimate of drug-likeness (QED) is 0.403. The van der Waals surface area contributed by atoms with Gasteiger partial charge in [0.2, 0.25) is 0 Å². The van der Waals surface area contributed by atoms with Crippen LogP contribution >= 0.6 is 0 Å². The molecule has 0 aliphatic carbocycles. The molecule has 0 radical (unpaired) electrons. The highest BCUT2D eigenvalue weighted by Crippen LogP contribution is 2.21. The van der Waals surface area contributed by atoms with Crippen molar-refractivity contribution in [1.82, 2.24) is 0 Å². The molecule has 0 spiro atoms. The second-order valence-corrected chi connectivity index (χ2v) is 6.12. The Balaban J connectivity index is 2.00. The average molecular weight is 310 g/mol. The molecule has 0 aliphatic heterocycles.